The zero-order valence-corrected chi connectivity index (χ0v) is 16.8. The molecule has 0 radical (unpaired) electrons. The molecule has 1 N–H and O–H groups in total. The number of hydrogen-bond acceptors (Lipinski definition) is 3. The number of nitrogens with zero attached hydrogens (tertiary/aromatic N) is 1. The molecule has 1 saturated heterocycles. The average Bonchev–Trinajstić information content (AvgIpc) is 3.06. The van der Waals surface area contributed by atoms with Gasteiger partial charge in [0.15, 0.2) is 0 Å². The molecule has 26 heavy (non-hydrogen) atoms. The first-order chi connectivity index (χ1) is 12.4. The van der Waals surface area contributed by atoms with Gasteiger partial charge in [-0.15, -0.1) is 0 Å². The quantitative estimate of drug-likeness (QED) is 0.767. The first-order valence-corrected chi connectivity index (χ1v) is 11.4. The number of nitrogens with one attached hydrogen (secondary N) is 1. The van der Waals surface area contributed by atoms with Crippen molar-refractivity contribution < 1.29 is 13.2 Å². The molecule has 1 atom stereocenters. The van der Waals surface area contributed by atoms with Crippen LogP contribution in [0.25, 0.3) is 0 Å². The van der Waals surface area contributed by atoms with Gasteiger partial charge in [0.2, 0.25) is 15.9 Å². The second-order valence-corrected chi connectivity index (χ2v) is 9.92. The van der Waals surface area contributed by atoms with Crippen molar-refractivity contribution in [3.63, 3.8) is 0 Å². The van der Waals surface area contributed by atoms with Crippen molar-refractivity contribution in [2.75, 3.05) is 18.8 Å². The molecule has 1 amide bonds. The highest BCUT2D eigenvalue weighted by Gasteiger charge is 2.41. The molecule has 2 fully saturated rings. The lowest BCUT2D eigenvalue weighted by atomic mass is 9.64. The Kier molecular flexibility index (Phi) is 5.94. The normalized spacial score (nSPS) is 22.8. The van der Waals surface area contributed by atoms with Crippen LogP contribution in [0.15, 0.2) is 24.3 Å². The largest absolute Gasteiger partial charge is 0.354 e. The van der Waals surface area contributed by atoms with Crippen LogP contribution in [0, 0.1) is 0 Å². The average molecular weight is 399 g/mol. The van der Waals surface area contributed by atoms with Gasteiger partial charge < -0.3 is 5.32 Å². The van der Waals surface area contributed by atoms with Gasteiger partial charge in [-0.05, 0) is 49.8 Å². The van der Waals surface area contributed by atoms with Gasteiger partial charge in [0, 0.05) is 23.5 Å². The van der Waals surface area contributed by atoms with Crippen LogP contribution in [0.1, 0.15) is 51.0 Å². The van der Waals surface area contributed by atoms with Gasteiger partial charge in [0.1, 0.15) is 6.04 Å². The zero-order valence-electron chi connectivity index (χ0n) is 15.2. The zero-order chi connectivity index (χ0) is 18.8. The molecule has 1 unspecified atom stereocenters. The molecule has 3 rings (SSSR count). The van der Waals surface area contributed by atoms with Gasteiger partial charge >= 0.3 is 0 Å². The maximum absolute atomic E-state index is 12.7. The molecular weight excluding hydrogens is 372 g/mol. The minimum absolute atomic E-state index is 0.0496. The molecule has 1 aliphatic heterocycles. The fraction of sp³-hybridized carbons (Fsp3) is 0.632. The number of rotatable bonds is 7. The summed E-state index contributed by atoms with van der Waals surface area (Å²) in [5.74, 6) is -0.0618. The number of hydrogen-bond donors (Lipinski definition) is 1. The summed E-state index contributed by atoms with van der Waals surface area (Å²) in [6.45, 7) is 2.84. The third-order valence-corrected chi connectivity index (χ3v) is 8.02. The predicted octanol–water partition coefficient (Wildman–Crippen LogP) is 3.08. The van der Waals surface area contributed by atoms with Crippen LogP contribution in [0.4, 0.5) is 0 Å². The van der Waals surface area contributed by atoms with E-state index in [0.717, 1.165) is 25.7 Å². The van der Waals surface area contributed by atoms with Gasteiger partial charge in [-0.1, -0.05) is 37.1 Å². The fourth-order valence-electron chi connectivity index (χ4n) is 4.06. The lowest BCUT2D eigenvalue weighted by Crippen LogP contribution is -2.51. The molecule has 1 aromatic rings. The Morgan fingerprint density at radius 3 is 2.54 bits per heavy atom. The van der Waals surface area contributed by atoms with Crippen molar-refractivity contribution in [1.82, 2.24) is 9.62 Å². The van der Waals surface area contributed by atoms with Gasteiger partial charge in [0.25, 0.3) is 0 Å². The molecule has 7 heteroatoms. The molecule has 1 saturated carbocycles. The first-order valence-electron chi connectivity index (χ1n) is 9.41. The van der Waals surface area contributed by atoms with E-state index in [0.29, 0.717) is 31.0 Å². The highest BCUT2D eigenvalue weighted by molar-refractivity contribution is 7.89. The Hall–Kier alpha value is -1.11. The van der Waals surface area contributed by atoms with Crippen molar-refractivity contribution in [3.8, 4) is 0 Å². The molecule has 2 aliphatic rings. The van der Waals surface area contributed by atoms with Crippen molar-refractivity contribution in [1.29, 1.82) is 0 Å². The molecule has 144 valence electrons. The minimum Gasteiger partial charge on any atom is -0.354 e. The molecular formula is C19H27ClN2O3S. The molecule has 1 aliphatic carbocycles. The molecule has 5 nitrogen and oxygen atoms in total. The summed E-state index contributed by atoms with van der Waals surface area (Å²) in [4.78, 5) is 12.7. The predicted molar refractivity (Wildman–Crippen MR) is 104 cm³/mol. The van der Waals surface area contributed by atoms with Crippen molar-refractivity contribution >= 4 is 27.5 Å². The van der Waals surface area contributed by atoms with Crippen LogP contribution in [0.3, 0.4) is 0 Å². The van der Waals surface area contributed by atoms with E-state index < -0.39 is 16.1 Å². The maximum Gasteiger partial charge on any atom is 0.238 e. The SMILES string of the molecule is CCCS(=O)(=O)N1CCCC1C(=O)NCC1(c2ccc(Cl)cc2)CCC1. The van der Waals surface area contributed by atoms with E-state index >= 15 is 0 Å². The Labute approximate surface area is 161 Å². The second-order valence-electron chi connectivity index (χ2n) is 7.44. The summed E-state index contributed by atoms with van der Waals surface area (Å²) >= 11 is 5.99. The lowest BCUT2D eigenvalue weighted by molar-refractivity contribution is -0.124. The summed E-state index contributed by atoms with van der Waals surface area (Å²) in [6, 6.07) is 7.26. The highest BCUT2D eigenvalue weighted by Crippen LogP contribution is 2.43. The standard InChI is InChI=1S/C19H27ClN2O3S/c1-2-13-26(24,25)22-12-3-5-17(22)18(23)21-14-19(10-4-11-19)15-6-8-16(20)9-7-15/h6-9,17H,2-5,10-14H2,1H3,(H,21,23). The Morgan fingerprint density at radius 2 is 1.96 bits per heavy atom. The van der Waals surface area contributed by atoms with Crippen LogP contribution < -0.4 is 5.32 Å². The van der Waals surface area contributed by atoms with Crippen LogP contribution in [0.2, 0.25) is 5.02 Å². The summed E-state index contributed by atoms with van der Waals surface area (Å²) in [5, 5.41) is 3.75. The number of carbonyl (C=O) groups is 1. The molecule has 1 heterocycles. The van der Waals surface area contributed by atoms with E-state index in [-0.39, 0.29) is 17.1 Å². The van der Waals surface area contributed by atoms with Gasteiger partial charge in [-0.3, -0.25) is 4.79 Å². The number of sulfonamides is 1. The van der Waals surface area contributed by atoms with E-state index in [1.165, 1.54) is 9.87 Å². The van der Waals surface area contributed by atoms with Gasteiger partial charge in [0.05, 0.1) is 5.75 Å². The summed E-state index contributed by atoms with van der Waals surface area (Å²) < 4.78 is 26.2. The Bertz CT molecular complexity index is 745. The minimum atomic E-state index is -3.35. The van der Waals surface area contributed by atoms with Crippen molar-refractivity contribution in [2.45, 2.75) is 56.9 Å². The lowest BCUT2D eigenvalue weighted by Gasteiger charge is -2.43. The third kappa shape index (κ3) is 3.92. The van der Waals surface area contributed by atoms with E-state index in [1.54, 1.807) is 0 Å². The fourth-order valence-corrected chi connectivity index (χ4v) is 5.93. The van der Waals surface area contributed by atoms with E-state index in [4.69, 9.17) is 11.6 Å². The Morgan fingerprint density at radius 1 is 1.27 bits per heavy atom. The van der Waals surface area contributed by atoms with E-state index in [2.05, 4.69) is 5.32 Å². The monoisotopic (exact) mass is 398 g/mol. The molecule has 0 spiro atoms. The summed E-state index contributed by atoms with van der Waals surface area (Å²) in [5.41, 5.74) is 1.14. The third-order valence-electron chi connectivity index (χ3n) is 5.69. The number of carbonyl (C=O) groups excluding carboxylic acids is 1. The van der Waals surface area contributed by atoms with E-state index in [9.17, 15) is 13.2 Å². The highest BCUT2D eigenvalue weighted by atomic mass is 35.5. The maximum atomic E-state index is 12.7. The van der Waals surface area contributed by atoms with Crippen LogP contribution in [0.5, 0.6) is 0 Å². The number of halogens is 1. The number of benzene rings is 1. The van der Waals surface area contributed by atoms with Gasteiger partial charge in [-0.25, -0.2) is 8.42 Å². The summed E-state index contributed by atoms with van der Waals surface area (Å²) in [6.07, 6.45) is 5.09. The molecule has 0 bridgehead atoms. The molecule has 0 aromatic heterocycles. The first kappa shape index (κ1) is 19.6. The van der Waals surface area contributed by atoms with Crippen LogP contribution in [-0.2, 0) is 20.2 Å². The molecule has 1 aromatic carbocycles. The van der Waals surface area contributed by atoms with Crippen LogP contribution in [-0.4, -0.2) is 43.5 Å². The Balaban J connectivity index is 1.67. The van der Waals surface area contributed by atoms with Gasteiger partial charge in [-0.2, -0.15) is 4.31 Å². The summed E-state index contributed by atoms with van der Waals surface area (Å²) in [7, 11) is -3.35. The van der Waals surface area contributed by atoms with Crippen molar-refractivity contribution in [3.05, 3.63) is 34.9 Å². The van der Waals surface area contributed by atoms with Crippen molar-refractivity contribution in [2.24, 2.45) is 0 Å². The number of amides is 1. The van der Waals surface area contributed by atoms with E-state index in [1.807, 2.05) is 31.2 Å². The van der Waals surface area contributed by atoms with Crippen LogP contribution >= 0.6 is 11.6 Å². The smallest absolute Gasteiger partial charge is 0.238 e. The second kappa shape index (κ2) is 7.87. The topological polar surface area (TPSA) is 66.5 Å².